The Kier molecular flexibility index (Phi) is 5.25. The van der Waals surface area contributed by atoms with Gasteiger partial charge in [0.05, 0.1) is 0 Å². The van der Waals surface area contributed by atoms with Gasteiger partial charge in [-0.25, -0.2) is 9.59 Å². The molecule has 0 aromatic rings. The topological polar surface area (TPSA) is 72.9 Å². The van der Waals surface area contributed by atoms with E-state index < -0.39 is 28.8 Å². The molecule has 0 radical (unpaired) electrons. The minimum absolute atomic E-state index is 0.255. The first-order valence-electron chi connectivity index (χ1n) is 7.62. The van der Waals surface area contributed by atoms with Crippen LogP contribution in [0.1, 0.15) is 60.8 Å². The van der Waals surface area contributed by atoms with E-state index in [1.54, 1.807) is 41.5 Å². The lowest BCUT2D eigenvalue weighted by atomic mass is 9.88. The number of nitrogens with zero attached hydrogens (tertiary/aromatic N) is 1. The molecule has 0 aromatic heterocycles. The first-order chi connectivity index (χ1) is 9.91. The second-order valence-electron chi connectivity index (χ2n) is 7.63. The Morgan fingerprint density at radius 1 is 1.00 bits per heavy atom. The lowest BCUT2D eigenvalue weighted by molar-refractivity contribution is -0.172. The minimum atomic E-state index is -1.59. The van der Waals surface area contributed by atoms with E-state index in [2.05, 4.69) is 0 Å². The largest absolute Gasteiger partial charge is 0.458 e. The fraction of sp³-hybridized carbons (Fsp3) is 0.812. The molecule has 1 amide bonds. The number of piperidine rings is 1. The second kappa shape index (κ2) is 6.26. The van der Waals surface area contributed by atoms with E-state index in [1.807, 2.05) is 0 Å². The Balaban J connectivity index is 3.09. The monoisotopic (exact) mass is 313 g/mol. The Labute approximate surface area is 132 Å². The SMILES string of the molecule is CC(C)(C)OC(=O)N1CCCCC1(C=O)C(=O)OC(C)(C)C. The van der Waals surface area contributed by atoms with Gasteiger partial charge < -0.3 is 14.3 Å². The van der Waals surface area contributed by atoms with E-state index >= 15 is 0 Å². The van der Waals surface area contributed by atoms with Gasteiger partial charge in [-0.2, -0.15) is 0 Å². The molecule has 1 saturated heterocycles. The van der Waals surface area contributed by atoms with Crippen molar-refractivity contribution < 1.29 is 23.9 Å². The molecule has 22 heavy (non-hydrogen) atoms. The van der Waals surface area contributed by atoms with Crippen molar-refractivity contribution in [3.05, 3.63) is 0 Å². The summed E-state index contributed by atoms with van der Waals surface area (Å²) in [6.45, 7) is 10.7. The van der Waals surface area contributed by atoms with Gasteiger partial charge in [0.15, 0.2) is 11.8 Å². The van der Waals surface area contributed by atoms with Crippen molar-refractivity contribution in [3.8, 4) is 0 Å². The van der Waals surface area contributed by atoms with Crippen LogP contribution in [0.25, 0.3) is 0 Å². The molecule has 0 N–H and O–H groups in total. The molecule has 1 aliphatic rings. The number of hydrogen-bond donors (Lipinski definition) is 0. The van der Waals surface area contributed by atoms with Gasteiger partial charge in [-0.3, -0.25) is 4.90 Å². The number of aldehydes is 1. The fourth-order valence-corrected chi connectivity index (χ4v) is 2.32. The Hall–Kier alpha value is -1.59. The molecule has 1 atom stereocenters. The van der Waals surface area contributed by atoms with Crippen molar-refractivity contribution in [3.63, 3.8) is 0 Å². The average Bonchev–Trinajstić information content (AvgIpc) is 2.34. The van der Waals surface area contributed by atoms with Gasteiger partial charge in [0.1, 0.15) is 11.2 Å². The molecule has 0 spiro atoms. The molecular formula is C16H27NO5. The maximum Gasteiger partial charge on any atom is 0.411 e. The average molecular weight is 313 g/mol. The van der Waals surface area contributed by atoms with Crippen LogP contribution < -0.4 is 0 Å². The normalized spacial score (nSPS) is 22.9. The molecule has 0 saturated carbocycles. The lowest BCUT2D eigenvalue weighted by Crippen LogP contribution is -2.62. The molecule has 0 aliphatic carbocycles. The van der Waals surface area contributed by atoms with E-state index in [0.717, 1.165) is 6.42 Å². The van der Waals surface area contributed by atoms with Crippen molar-refractivity contribution in [1.29, 1.82) is 0 Å². The number of ether oxygens (including phenoxy) is 2. The van der Waals surface area contributed by atoms with Crippen LogP contribution in [0.5, 0.6) is 0 Å². The van der Waals surface area contributed by atoms with Gasteiger partial charge in [-0.05, 0) is 60.8 Å². The molecule has 1 aliphatic heterocycles. The van der Waals surface area contributed by atoms with Gasteiger partial charge in [0.2, 0.25) is 0 Å². The maximum absolute atomic E-state index is 12.5. The number of esters is 1. The van der Waals surface area contributed by atoms with E-state index in [-0.39, 0.29) is 6.42 Å². The second-order valence-corrected chi connectivity index (χ2v) is 7.63. The van der Waals surface area contributed by atoms with Crippen molar-refractivity contribution in [1.82, 2.24) is 4.90 Å². The van der Waals surface area contributed by atoms with Crippen molar-refractivity contribution >= 4 is 18.3 Å². The van der Waals surface area contributed by atoms with Crippen LogP contribution in [-0.4, -0.2) is 46.5 Å². The highest BCUT2D eigenvalue weighted by molar-refractivity contribution is 6.01. The molecule has 0 aromatic carbocycles. The van der Waals surface area contributed by atoms with Crippen LogP contribution in [-0.2, 0) is 19.1 Å². The van der Waals surface area contributed by atoms with Gasteiger partial charge >= 0.3 is 12.1 Å². The Morgan fingerprint density at radius 2 is 1.55 bits per heavy atom. The predicted octanol–water partition coefficient (Wildman–Crippen LogP) is 2.69. The third-order valence-corrected chi connectivity index (χ3v) is 3.23. The number of hydrogen-bond acceptors (Lipinski definition) is 5. The Morgan fingerprint density at radius 3 is 2.00 bits per heavy atom. The highest BCUT2D eigenvalue weighted by atomic mass is 16.6. The van der Waals surface area contributed by atoms with Gasteiger partial charge in [-0.1, -0.05) is 0 Å². The van der Waals surface area contributed by atoms with Crippen LogP contribution in [0.2, 0.25) is 0 Å². The molecule has 6 heteroatoms. The number of carbonyl (C=O) groups excluding carboxylic acids is 3. The lowest BCUT2D eigenvalue weighted by Gasteiger charge is -2.42. The van der Waals surface area contributed by atoms with Gasteiger partial charge in [-0.15, -0.1) is 0 Å². The van der Waals surface area contributed by atoms with Crippen LogP contribution in [0.3, 0.4) is 0 Å². The quantitative estimate of drug-likeness (QED) is 0.445. The summed E-state index contributed by atoms with van der Waals surface area (Å²) in [4.78, 5) is 37.9. The number of amides is 1. The summed E-state index contributed by atoms with van der Waals surface area (Å²) < 4.78 is 10.7. The summed E-state index contributed by atoms with van der Waals surface area (Å²) in [6.07, 6.45) is 1.51. The molecule has 6 nitrogen and oxygen atoms in total. The van der Waals surface area contributed by atoms with E-state index in [0.29, 0.717) is 19.3 Å². The molecule has 1 rings (SSSR count). The van der Waals surface area contributed by atoms with Crippen molar-refractivity contribution in [2.24, 2.45) is 0 Å². The fourth-order valence-electron chi connectivity index (χ4n) is 2.32. The first-order valence-corrected chi connectivity index (χ1v) is 7.62. The molecule has 1 unspecified atom stereocenters. The minimum Gasteiger partial charge on any atom is -0.458 e. The highest BCUT2D eigenvalue weighted by Gasteiger charge is 2.51. The number of carbonyl (C=O) groups is 3. The van der Waals surface area contributed by atoms with E-state index in [4.69, 9.17) is 9.47 Å². The summed E-state index contributed by atoms with van der Waals surface area (Å²) in [5.74, 6) is -0.694. The third kappa shape index (κ3) is 4.45. The molecule has 1 fully saturated rings. The highest BCUT2D eigenvalue weighted by Crippen LogP contribution is 2.31. The number of rotatable bonds is 2. The van der Waals surface area contributed by atoms with Crippen molar-refractivity contribution in [2.75, 3.05) is 6.54 Å². The van der Waals surface area contributed by atoms with Gasteiger partial charge in [0.25, 0.3) is 0 Å². The standard InChI is InChI=1S/C16H27NO5/c1-14(2,3)21-12(19)16(11-18)9-7-8-10-17(16)13(20)22-15(4,5)6/h11H,7-10H2,1-6H3. The molecular weight excluding hydrogens is 286 g/mol. The zero-order valence-corrected chi connectivity index (χ0v) is 14.4. The van der Waals surface area contributed by atoms with Crippen LogP contribution in [0, 0.1) is 0 Å². The summed E-state index contributed by atoms with van der Waals surface area (Å²) in [5.41, 5.74) is -3.02. The van der Waals surface area contributed by atoms with E-state index in [9.17, 15) is 14.4 Å². The molecule has 0 bridgehead atoms. The molecule has 1 heterocycles. The number of likely N-dealkylation sites (tertiary alicyclic amines) is 1. The van der Waals surface area contributed by atoms with Crippen LogP contribution in [0.4, 0.5) is 4.79 Å². The van der Waals surface area contributed by atoms with Crippen LogP contribution >= 0.6 is 0 Å². The molecule has 126 valence electrons. The maximum atomic E-state index is 12.5. The summed E-state index contributed by atoms with van der Waals surface area (Å²) >= 11 is 0. The summed E-state index contributed by atoms with van der Waals surface area (Å²) in [7, 11) is 0. The Bertz CT molecular complexity index is 446. The summed E-state index contributed by atoms with van der Waals surface area (Å²) in [5, 5.41) is 0. The van der Waals surface area contributed by atoms with E-state index in [1.165, 1.54) is 4.90 Å². The van der Waals surface area contributed by atoms with Crippen molar-refractivity contribution in [2.45, 2.75) is 77.5 Å². The smallest absolute Gasteiger partial charge is 0.411 e. The zero-order chi connectivity index (χ0) is 17.2. The zero-order valence-electron chi connectivity index (χ0n) is 14.4. The first kappa shape index (κ1) is 18.5. The predicted molar refractivity (Wildman–Crippen MR) is 81.4 cm³/mol. The summed E-state index contributed by atoms with van der Waals surface area (Å²) in [6, 6.07) is 0. The third-order valence-electron chi connectivity index (χ3n) is 3.23. The van der Waals surface area contributed by atoms with Crippen LogP contribution in [0.15, 0.2) is 0 Å². The van der Waals surface area contributed by atoms with Gasteiger partial charge in [0, 0.05) is 6.54 Å².